The Bertz CT molecular complexity index is 1480. The topological polar surface area (TPSA) is 216 Å². The van der Waals surface area contributed by atoms with Crippen molar-refractivity contribution in [2.24, 2.45) is 0 Å². The Morgan fingerprint density at radius 2 is 1.02 bits per heavy atom. The van der Waals surface area contributed by atoms with Crippen molar-refractivity contribution >= 4 is 27.6 Å². The van der Waals surface area contributed by atoms with Crippen LogP contribution in [0.1, 0.15) is 136 Å². The molecular weight excluding hydrogens is 838 g/mol. The fourth-order valence-corrected chi connectivity index (χ4v) is 6.39. The summed E-state index contributed by atoms with van der Waals surface area (Å²) in [4.78, 5) is 52.7. The predicted molar refractivity (Wildman–Crippen MR) is 245 cm³/mol. The molecule has 0 heterocycles. The summed E-state index contributed by atoms with van der Waals surface area (Å²) in [7, 11) is -9.72. The fraction of sp³-hybridized carbons (Fsp3) is 0.609. The Balaban J connectivity index is 4.65. The van der Waals surface area contributed by atoms with Crippen LogP contribution in [-0.2, 0) is 41.8 Å². The number of aliphatic hydroxyl groups excluding tert-OH is 2. The number of hydrogen-bond acceptors (Lipinski definition) is 11. The normalized spacial score (nSPS) is 15.4. The number of esters is 2. The number of carbonyl (C=O) groups is 2. The van der Waals surface area contributed by atoms with Gasteiger partial charge in [0.05, 0.1) is 25.9 Å². The minimum Gasteiger partial charge on any atom is -0.462 e. The lowest BCUT2D eigenvalue weighted by Crippen LogP contribution is -2.30. The zero-order chi connectivity index (χ0) is 46.0. The van der Waals surface area contributed by atoms with E-state index in [2.05, 4.69) is 76.7 Å². The van der Waals surface area contributed by atoms with Crippen molar-refractivity contribution in [2.45, 2.75) is 154 Å². The third kappa shape index (κ3) is 43.6. The molecule has 5 N–H and O–H groups in total. The molecule has 0 radical (unpaired) electrons. The lowest BCUT2D eigenvalue weighted by molar-refractivity contribution is -0.161. The average Bonchev–Trinajstić information content (AvgIpc) is 3.23. The molecule has 0 fully saturated rings. The second-order valence-electron chi connectivity index (χ2n) is 14.4. The van der Waals surface area contributed by atoms with Crippen molar-refractivity contribution in [2.75, 3.05) is 26.4 Å². The van der Waals surface area contributed by atoms with Gasteiger partial charge in [-0.1, -0.05) is 137 Å². The molecule has 4 atom stereocenters. The van der Waals surface area contributed by atoms with Gasteiger partial charge >= 0.3 is 27.6 Å². The first-order chi connectivity index (χ1) is 29.8. The molecule has 0 aromatic carbocycles. The molecule has 0 saturated carbocycles. The maximum Gasteiger partial charge on any atom is 0.472 e. The van der Waals surface area contributed by atoms with Gasteiger partial charge in [-0.2, -0.15) is 0 Å². The number of carbonyl (C=O) groups excluding carboxylic acids is 2. The first kappa shape index (κ1) is 59.0. The molecule has 0 rings (SSSR count). The number of rotatable bonds is 40. The summed E-state index contributed by atoms with van der Waals surface area (Å²) in [5.74, 6) is -1.13. The average molecular weight is 915 g/mol. The molecule has 0 saturated heterocycles. The van der Waals surface area contributed by atoms with Gasteiger partial charge in [-0.15, -0.1) is 0 Å². The van der Waals surface area contributed by atoms with Gasteiger partial charge in [0.1, 0.15) is 12.7 Å². The van der Waals surface area contributed by atoms with Crippen LogP contribution < -0.4 is 0 Å². The van der Waals surface area contributed by atoms with Crippen molar-refractivity contribution in [3.8, 4) is 0 Å². The summed E-state index contributed by atoms with van der Waals surface area (Å²) >= 11 is 0. The molecular formula is C46H76O14P2. The molecule has 0 aromatic heterocycles. The SMILES string of the molecule is CC/C=C\C/C=C\C/C=C\C/C=C\C/C=C\CCCCCC(=O)OC[C@H](COP(=O)(O)OC[C@@H](O)COP(=O)(O)O)OC(=O)CCCCCCC/C=C/C=C/C(O)C/C=C/CC. The lowest BCUT2D eigenvalue weighted by Gasteiger charge is -2.20. The van der Waals surface area contributed by atoms with E-state index in [1.807, 2.05) is 37.3 Å². The molecule has 16 heteroatoms. The van der Waals surface area contributed by atoms with Crippen LogP contribution in [-0.4, -0.2) is 81.6 Å². The van der Waals surface area contributed by atoms with E-state index in [1.54, 1.807) is 6.08 Å². The molecule has 0 aliphatic heterocycles. The predicted octanol–water partition coefficient (Wildman–Crippen LogP) is 10.3. The summed E-state index contributed by atoms with van der Waals surface area (Å²) in [6.45, 7) is 1.34. The third-order valence-electron chi connectivity index (χ3n) is 8.54. The van der Waals surface area contributed by atoms with Gasteiger partial charge in [-0.3, -0.25) is 23.2 Å². The van der Waals surface area contributed by atoms with E-state index in [-0.39, 0.29) is 12.8 Å². The number of phosphoric acid groups is 2. The fourth-order valence-electron chi connectivity index (χ4n) is 5.23. The van der Waals surface area contributed by atoms with E-state index in [4.69, 9.17) is 23.8 Å². The van der Waals surface area contributed by atoms with Crippen LogP contribution in [0.25, 0.3) is 0 Å². The van der Waals surface area contributed by atoms with Crippen molar-refractivity contribution in [3.05, 3.63) is 97.2 Å². The summed E-state index contributed by atoms with van der Waals surface area (Å²) in [5.41, 5.74) is 0. The summed E-state index contributed by atoms with van der Waals surface area (Å²) in [6.07, 6.45) is 44.4. The second-order valence-corrected chi connectivity index (χ2v) is 17.1. The van der Waals surface area contributed by atoms with Gasteiger partial charge in [0.2, 0.25) is 0 Å². The van der Waals surface area contributed by atoms with Crippen LogP contribution in [0.15, 0.2) is 97.2 Å². The van der Waals surface area contributed by atoms with Crippen LogP contribution in [0.2, 0.25) is 0 Å². The number of phosphoric ester groups is 2. The summed E-state index contributed by atoms with van der Waals surface area (Å²) in [6, 6.07) is 0. The van der Waals surface area contributed by atoms with Gasteiger partial charge in [0, 0.05) is 12.8 Å². The monoisotopic (exact) mass is 914 g/mol. The lowest BCUT2D eigenvalue weighted by atomic mass is 10.1. The highest BCUT2D eigenvalue weighted by Crippen LogP contribution is 2.43. The van der Waals surface area contributed by atoms with Gasteiger partial charge in [-0.25, -0.2) is 9.13 Å². The first-order valence-corrected chi connectivity index (χ1v) is 25.1. The van der Waals surface area contributed by atoms with Crippen LogP contribution in [0.5, 0.6) is 0 Å². The zero-order valence-corrected chi connectivity index (χ0v) is 38.8. The van der Waals surface area contributed by atoms with Crippen molar-refractivity contribution in [3.63, 3.8) is 0 Å². The Morgan fingerprint density at radius 1 is 0.532 bits per heavy atom. The minimum absolute atomic E-state index is 0.0713. The summed E-state index contributed by atoms with van der Waals surface area (Å²) in [5, 5.41) is 19.6. The first-order valence-electron chi connectivity index (χ1n) is 22.0. The Kier molecular flexibility index (Phi) is 38.8. The molecule has 0 aromatic rings. The van der Waals surface area contributed by atoms with Gasteiger partial charge in [0.15, 0.2) is 6.10 Å². The van der Waals surface area contributed by atoms with Gasteiger partial charge in [0.25, 0.3) is 0 Å². The maximum atomic E-state index is 12.7. The van der Waals surface area contributed by atoms with Crippen LogP contribution >= 0.6 is 15.6 Å². The number of aliphatic hydroxyl groups is 2. The molecule has 354 valence electrons. The minimum atomic E-state index is -4.88. The smallest absolute Gasteiger partial charge is 0.462 e. The van der Waals surface area contributed by atoms with Crippen LogP contribution in [0.4, 0.5) is 0 Å². The third-order valence-corrected chi connectivity index (χ3v) is 9.97. The Hall–Kier alpha value is -3.00. The number of allylic oxidation sites excluding steroid dienone is 14. The number of ether oxygens (including phenoxy) is 2. The second kappa shape index (κ2) is 40.8. The van der Waals surface area contributed by atoms with Crippen molar-refractivity contribution in [1.82, 2.24) is 0 Å². The molecule has 0 spiro atoms. The Morgan fingerprint density at radius 3 is 1.63 bits per heavy atom. The number of unbranched alkanes of at least 4 members (excludes halogenated alkanes) is 8. The maximum absolute atomic E-state index is 12.7. The van der Waals surface area contributed by atoms with E-state index in [0.717, 1.165) is 89.9 Å². The van der Waals surface area contributed by atoms with Gasteiger partial charge in [-0.05, 0) is 83.5 Å². The quantitative estimate of drug-likeness (QED) is 0.0127. The number of hydrogen-bond donors (Lipinski definition) is 5. The largest absolute Gasteiger partial charge is 0.472 e. The molecule has 2 unspecified atom stereocenters. The van der Waals surface area contributed by atoms with Crippen molar-refractivity contribution < 1.29 is 66.7 Å². The highest BCUT2D eigenvalue weighted by Gasteiger charge is 2.28. The van der Waals surface area contributed by atoms with Crippen LogP contribution in [0, 0.1) is 0 Å². The van der Waals surface area contributed by atoms with Crippen LogP contribution in [0.3, 0.4) is 0 Å². The molecule has 62 heavy (non-hydrogen) atoms. The van der Waals surface area contributed by atoms with E-state index in [9.17, 15) is 33.8 Å². The molecule has 0 bridgehead atoms. The molecule has 0 aliphatic rings. The molecule has 0 amide bonds. The highest BCUT2D eigenvalue weighted by molar-refractivity contribution is 7.47. The molecule has 0 aliphatic carbocycles. The highest BCUT2D eigenvalue weighted by atomic mass is 31.2. The standard InChI is InChI=1S/C46H76O14P2/c1-3-5-7-8-9-10-11-12-13-14-15-16-17-18-19-22-25-28-32-36-45(49)56-40-44(41-59-62(54,55)58-39-43(48)38-57-61(51,52)53)60-46(50)37-33-29-26-23-20-21-24-27-31-35-42(47)34-30-6-4-2/h5-7,9-10,12-13,15-16,18-19,24,27,30-31,35,42-44,47-48H,3-4,8,11,14,17,20-23,25-26,28-29,32-34,36-41H2,1-2H3,(H,54,55)(H2,51,52,53)/b7-5-,10-9-,13-12-,16-15-,19-18-,27-24+,30-6+,35-31+/t42?,43-,44+/m0/s1. The molecule has 14 nitrogen and oxygen atoms in total. The Labute approximate surface area is 371 Å². The zero-order valence-electron chi connectivity index (χ0n) is 37.0. The van der Waals surface area contributed by atoms with Crippen molar-refractivity contribution in [1.29, 1.82) is 0 Å². The van der Waals surface area contributed by atoms with E-state index in [1.165, 1.54) is 0 Å². The van der Waals surface area contributed by atoms with E-state index in [0.29, 0.717) is 19.3 Å². The summed E-state index contributed by atoms with van der Waals surface area (Å²) < 4.78 is 47.7. The van der Waals surface area contributed by atoms with Gasteiger partial charge < -0.3 is 34.4 Å². The van der Waals surface area contributed by atoms with E-state index < -0.39 is 72.3 Å². The van der Waals surface area contributed by atoms with E-state index >= 15 is 0 Å².